The Morgan fingerprint density at radius 1 is 1.60 bits per heavy atom. The zero-order chi connectivity index (χ0) is 11.9. The number of halogens is 5. The first-order valence-corrected chi connectivity index (χ1v) is 4.62. The summed E-state index contributed by atoms with van der Waals surface area (Å²) in [6.45, 7) is -0.572. The third-order valence-corrected chi connectivity index (χ3v) is 3.00. The average Bonchev–Trinajstić information content (AvgIpc) is 2.10. The number of rotatable bonds is 0. The molecule has 0 bridgehead atoms. The number of carbonyl (C=O) groups is 1. The van der Waals surface area contributed by atoms with Crippen LogP contribution in [0.4, 0.5) is 13.2 Å². The van der Waals surface area contributed by atoms with Crippen LogP contribution < -0.4 is 5.32 Å². The maximum absolute atomic E-state index is 12.5. The second-order valence-corrected chi connectivity index (χ2v) is 4.26. The van der Waals surface area contributed by atoms with Gasteiger partial charge in [-0.3, -0.25) is 4.79 Å². The Labute approximate surface area is 93.1 Å². The van der Waals surface area contributed by atoms with Crippen molar-refractivity contribution in [3.63, 3.8) is 0 Å². The third-order valence-electron chi connectivity index (χ3n) is 2.09. The van der Waals surface area contributed by atoms with Crippen LogP contribution in [0.2, 0.25) is 0 Å². The largest absolute Gasteiger partial charge is 0.396 e. The summed E-state index contributed by atoms with van der Waals surface area (Å²) in [6, 6.07) is 1.33. The zero-order valence-electron chi connectivity index (χ0n) is 7.11. The average molecular weight is 261 g/mol. The molecule has 0 aliphatic carbocycles. The van der Waals surface area contributed by atoms with Crippen molar-refractivity contribution in [2.45, 2.75) is 16.4 Å². The van der Waals surface area contributed by atoms with E-state index in [2.05, 4.69) is 5.32 Å². The van der Waals surface area contributed by atoms with Gasteiger partial charge >= 0.3 is 6.18 Å². The van der Waals surface area contributed by atoms with Gasteiger partial charge in [-0.1, -0.05) is 11.6 Å². The van der Waals surface area contributed by atoms with Crippen LogP contribution in [0.3, 0.4) is 0 Å². The molecule has 0 aromatic carbocycles. The molecule has 0 saturated carbocycles. The Morgan fingerprint density at radius 2 is 2.13 bits per heavy atom. The van der Waals surface area contributed by atoms with Crippen LogP contribution in [0.25, 0.3) is 0 Å². The first-order valence-electron chi connectivity index (χ1n) is 3.81. The molecular formula is C7H5Cl2F3N2O. The van der Waals surface area contributed by atoms with E-state index in [1.54, 1.807) is 0 Å². The van der Waals surface area contributed by atoms with E-state index in [9.17, 15) is 18.0 Å². The normalized spacial score (nSPS) is 36.9. The highest BCUT2D eigenvalue weighted by Crippen LogP contribution is 2.44. The number of hydrogen-bond donors (Lipinski definition) is 1. The maximum atomic E-state index is 12.5. The van der Waals surface area contributed by atoms with Crippen molar-refractivity contribution >= 4 is 29.1 Å². The summed E-state index contributed by atoms with van der Waals surface area (Å²) in [6.07, 6.45) is -4.79. The van der Waals surface area contributed by atoms with Crippen molar-refractivity contribution in [1.82, 2.24) is 5.32 Å². The summed E-state index contributed by atoms with van der Waals surface area (Å²) in [5, 5.41) is 8.77. The molecule has 3 atom stereocenters. The molecule has 8 heteroatoms. The van der Waals surface area contributed by atoms with Crippen LogP contribution in [0, 0.1) is 17.2 Å². The standard InChI is InChI=1S/C7H5Cl2F3N2O/c8-3-4(7(10,11)12)6(9,1-13)2-14-5(3)15/h3-4H,2H2,(H,14,15). The Hall–Kier alpha value is -0.670. The molecule has 1 amide bonds. The quantitative estimate of drug-likeness (QED) is 0.670. The predicted octanol–water partition coefficient (Wildman–Crippen LogP) is 1.40. The van der Waals surface area contributed by atoms with Crippen molar-refractivity contribution in [2.75, 3.05) is 6.54 Å². The first kappa shape index (κ1) is 12.4. The minimum Gasteiger partial charge on any atom is -0.352 e. The molecule has 15 heavy (non-hydrogen) atoms. The van der Waals surface area contributed by atoms with E-state index >= 15 is 0 Å². The van der Waals surface area contributed by atoms with E-state index in [1.807, 2.05) is 0 Å². The minimum absolute atomic E-state index is 0.572. The predicted molar refractivity (Wildman–Crippen MR) is 46.4 cm³/mol. The highest BCUT2D eigenvalue weighted by Gasteiger charge is 2.61. The van der Waals surface area contributed by atoms with Gasteiger partial charge in [0.25, 0.3) is 0 Å². The highest BCUT2D eigenvalue weighted by atomic mass is 35.5. The second-order valence-electron chi connectivity index (χ2n) is 3.11. The number of amides is 1. The lowest BCUT2D eigenvalue weighted by atomic mass is 9.85. The molecule has 84 valence electrons. The van der Waals surface area contributed by atoms with Gasteiger partial charge in [0.05, 0.1) is 12.6 Å². The number of nitriles is 1. The molecule has 1 N–H and O–H groups in total. The molecule has 0 aromatic rings. The fourth-order valence-corrected chi connectivity index (χ4v) is 2.16. The van der Waals surface area contributed by atoms with Gasteiger partial charge in [-0.2, -0.15) is 18.4 Å². The van der Waals surface area contributed by atoms with Gasteiger partial charge in [0.2, 0.25) is 5.91 Å². The number of alkyl halides is 5. The summed E-state index contributed by atoms with van der Waals surface area (Å²) < 4.78 is 37.6. The van der Waals surface area contributed by atoms with Gasteiger partial charge in [0.15, 0.2) is 4.87 Å². The summed E-state index contributed by atoms with van der Waals surface area (Å²) in [7, 11) is 0. The number of piperidine rings is 1. The van der Waals surface area contributed by atoms with Crippen LogP contribution in [0.1, 0.15) is 0 Å². The molecule has 1 aliphatic heterocycles. The van der Waals surface area contributed by atoms with Gasteiger partial charge in [-0.25, -0.2) is 0 Å². The topological polar surface area (TPSA) is 52.9 Å². The Morgan fingerprint density at radius 3 is 2.53 bits per heavy atom. The smallest absolute Gasteiger partial charge is 0.352 e. The number of nitrogens with one attached hydrogen (secondary N) is 1. The Balaban J connectivity index is 3.13. The van der Waals surface area contributed by atoms with E-state index in [-0.39, 0.29) is 0 Å². The summed E-state index contributed by atoms with van der Waals surface area (Å²) >= 11 is 10.8. The molecule has 1 fully saturated rings. The Kier molecular flexibility index (Phi) is 3.08. The van der Waals surface area contributed by atoms with E-state index in [0.29, 0.717) is 0 Å². The molecule has 3 unspecified atom stereocenters. The molecule has 1 aliphatic rings. The van der Waals surface area contributed by atoms with Gasteiger partial charge in [-0.15, -0.1) is 11.6 Å². The van der Waals surface area contributed by atoms with Gasteiger partial charge in [0, 0.05) is 0 Å². The molecule has 1 saturated heterocycles. The van der Waals surface area contributed by atoms with Crippen molar-refractivity contribution in [3.05, 3.63) is 0 Å². The Bertz CT molecular complexity index is 327. The van der Waals surface area contributed by atoms with Crippen LogP contribution in [0.5, 0.6) is 0 Å². The molecule has 0 aromatic heterocycles. The summed E-state index contributed by atoms with van der Waals surface area (Å²) in [4.78, 5) is 8.71. The molecule has 0 spiro atoms. The SMILES string of the molecule is N#CC1(Cl)CNC(=O)C(Cl)C1C(F)(F)F. The van der Waals surface area contributed by atoms with Crippen molar-refractivity contribution in [1.29, 1.82) is 5.26 Å². The summed E-state index contributed by atoms with van der Waals surface area (Å²) in [5.74, 6) is -3.34. The molecule has 0 radical (unpaired) electrons. The van der Waals surface area contributed by atoms with Gasteiger partial charge in [0.1, 0.15) is 11.3 Å². The number of hydrogen-bond acceptors (Lipinski definition) is 2. The number of carbonyl (C=O) groups excluding carboxylic acids is 1. The lowest BCUT2D eigenvalue weighted by molar-refractivity contribution is -0.186. The monoisotopic (exact) mass is 260 g/mol. The summed E-state index contributed by atoms with van der Waals surface area (Å²) in [5.41, 5.74) is 0. The van der Waals surface area contributed by atoms with E-state index in [4.69, 9.17) is 28.5 Å². The van der Waals surface area contributed by atoms with Crippen LogP contribution >= 0.6 is 23.2 Å². The molecule has 1 rings (SSSR count). The van der Waals surface area contributed by atoms with Crippen LogP contribution in [-0.4, -0.2) is 28.9 Å². The maximum Gasteiger partial charge on any atom is 0.396 e. The lowest BCUT2D eigenvalue weighted by Crippen LogP contribution is -2.61. The first-order chi connectivity index (χ1) is 6.72. The molecule has 3 nitrogen and oxygen atoms in total. The molecular weight excluding hydrogens is 256 g/mol. The van der Waals surface area contributed by atoms with E-state index in [0.717, 1.165) is 0 Å². The fourth-order valence-electron chi connectivity index (χ4n) is 1.34. The van der Waals surface area contributed by atoms with E-state index < -0.39 is 34.8 Å². The van der Waals surface area contributed by atoms with Crippen molar-refractivity contribution in [3.8, 4) is 6.07 Å². The molecule has 1 heterocycles. The van der Waals surface area contributed by atoms with E-state index in [1.165, 1.54) is 6.07 Å². The minimum atomic E-state index is -4.79. The van der Waals surface area contributed by atoms with Crippen LogP contribution in [0.15, 0.2) is 0 Å². The van der Waals surface area contributed by atoms with Crippen molar-refractivity contribution < 1.29 is 18.0 Å². The van der Waals surface area contributed by atoms with Crippen LogP contribution in [-0.2, 0) is 4.79 Å². The third kappa shape index (κ3) is 2.13. The fraction of sp³-hybridized carbons (Fsp3) is 0.714. The van der Waals surface area contributed by atoms with Crippen molar-refractivity contribution in [2.24, 2.45) is 5.92 Å². The second kappa shape index (κ2) is 3.72. The van der Waals surface area contributed by atoms with Gasteiger partial charge < -0.3 is 5.32 Å². The highest BCUT2D eigenvalue weighted by molar-refractivity contribution is 6.34. The zero-order valence-corrected chi connectivity index (χ0v) is 8.62. The lowest BCUT2D eigenvalue weighted by Gasteiger charge is -2.37. The number of nitrogens with zero attached hydrogens (tertiary/aromatic N) is 1. The van der Waals surface area contributed by atoms with Gasteiger partial charge in [-0.05, 0) is 0 Å².